The molecule has 0 spiro atoms. The van der Waals surface area contributed by atoms with Crippen LogP contribution in [0.15, 0.2) is 29.1 Å². The van der Waals surface area contributed by atoms with Crippen LogP contribution in [0.5, 0.6) is 0 Å². The molecule has 1 N–H and O–H groups in total. The molecule has 1 aromatic carbocycles. The van der Waals surface area contributed by atoms with Crippen molar-refractivity contribution in [3.8, 4) is 0 Å². The molecule has 1 saturated heterocycles. The third kappa shape index (κ3) is 3.37. The number of carboxylic acid groups (broad SMARTS) is 1. The lowest BCUT2D eigenvalue weighted by Gasteiger charge is -2.39. The molecule has 1 aliphatic heterocycles. The summed E-state index contributed by atoms with van der Waals surface area (Å²) >= 11 is 0. The van der Waals surface area contributed by atoms with E-state index in [1.807, 2.05) is 31.2 Å². The van der Waals surface area contributed by atoms with Crippen LogP contribution in [0.1, 0.15) is 19.8 Å². The number of ether oxygens (including phenoxy) is 1. The van der Waals surface area contributed by atoms with Gasteiger partial charge in [-0.2, -0.15) is 0 Å². The number of carboxylic acids is 1. The Morgan fingerprint density at radius 2 is 1.89 bits per heavy atom. The standard InChI is InChI=1S/C19H25N3O5/c1-3-21-14-7-4-5-8-15(14)22(18(21)26)11-16(23)20-10-6-9-19(12-20,13-27-2)17(24)25/h4-5,7-8H,3,6,9-13H2,1-2H3,(H,24,25). The highest BCUT2D eigenvalue weighted by atomic mass is 16.5. The molecule has 27 heavy (non-hydrogen) atoms. The maximum atomic E-state index is 12.9. The lowest BCUT2D eigenvalue weighted by atomic mass is 9.80. The minimum absolute atomic E-state index is 0.0568. The minimum atomic E-state index is -1.09. The van der Waals surface area contributed by atoms with Crippen molar-refractivity contribution < 1.29 is 19.4 Å². The number of carbonyl (C=O) groups is 2. The van der Waals surface area contributed by atoms with E-state index in [0.717, 1.165) is 5.52 Å². The molecule has 1 fully saturated rings. The van der Waals surface area contributed by atoms with E-state index in [0.29, 0.717) is 31.4 Å². The van der Waals surface area contributed by atoms with Crippen molar-refractivity contribution >= 4 is 22.9 Å². The summed E-state index contributed by atoms with van der Waals surface area (Å²) in [5.41, 5.74) is 0.169. The van der Waals surface area contributed by atoms with E-state index >= 15 is 0 Å². The maximum Gasteiger partial charge on any atom is 0.329 e. The number of piperidine rings is 1. The van der Waals surface area contributed by atoms with Crippen LogP contribution in [0.25, 0.3) is 11.0 Å². The summed E-state index contributed by atoms with van der Waals surface area (Å²) in [6, 6.07) is 7.36. The number of likely N-dealkylation sites (tertiary alicyclic amines) is 1. The smallest absolute Gasteiger partial charge is 0.329 e. The molecule has 1 atom stereocenters. The molecule has 8 nitrogen and oxygen atoms in total. The van der Waals surface area contributed by atoms with Gasteiger partial charge in [0.25, 0.3) is 0 Å². The van der Waals surface area contributed by atoms with Crippen LogP contribution in [0.2, 0.25) is 0 Å². The Kier molecular flexibility index (Phi) is 5.36. The number of hydrogen-bond acceptors (Lipinski definition) is 4. The van der Waals surface area contributed by atoms with Gasteiger partial charge >= 0.3 is 11.7 Å². The average molecular weight is 375 g/mol. The molecule has 0 bridgehead atoms. The van der Waals surface area contributed by atoms with Crippen LogP contribution in [0.4, 0.5) is 0 Å². The zero-order valence-corrected chi connectivity index (χ0v) is 15.7. The van der Waals surface area contributed by atoms with Crippen molar-refractivity contribution in [3.63, 3.8) is 0 Å². The molecule has 2 aromatic rings. The van der Waals surface area contributed by atoms with Gasteiger partial charge in [0.1, 0.15) is 12.0 Å². The molecule has 1 aliphatic rings. The Morgan fingerprint density at radius 3 is 2.48 bits per heavy atom. The second-order valence-corrected chi connectivity index (χ2v) is 7.04. The molecule has 1 aromatic heterocycles. The van der Waals surface area contributed by atoms with Crippen molar-refractivity contribution in [1.29, 1.82) is 0 Å². The van der Waals surface area contributed by atoms with E-state index in [1.165, 1.54) is 11.7 Å². The van der Waals surface area contributed by atoms with Crippen molar-refractivity contribution in [2.75, 3.05) is 26.8 Å². The number of nitrogens with zero attached hydrogens (tertiary/aromatic N) is 3. The first-order valence-corrected chi connectivity index (χ1v) is 9.11. The van der Waals surface area contributed by atoms with Gasteiger partial charge < -0.3 is 14.7 Å². The van der Waals surface area contributed by atoms with E-state index in [-0.39, 0.29) is 31.3 Å². The number of para-hydroxylation sites is 2. The van der Waals surface area contributed by atoms with Crippen LogP contribution >= 0.6 is 0 Å². The van der Waals surface area contributed by atoms with Crippen molar-refractivity contribution in [2.45, 2.75) is 32.9 Å². The van der Waals surface area contributed by atoms with Gasteiger partial charge in [0, 0.05) is 26.7 Å². The van der Waals surface area contributed by atoms with Gasteiger partial charge in [-0.05, 0) is 31.9 Å². The third-order valence-corrected chi connectivity index (χ3v) is 5.34. The topological polar surface area (TPSA) is 93.8 Å². The lowest BCUT2D eigenvalue weighted by Crippen LogP contribution is -2.53. The summed E-state index contributed by atoms with van der Waals surface area (Å²) in [5.74, 6) is -1.21. The van der Waals surface area contributed by atoms with Crippen molar-refractivity contribution in [2.24, 2.45) is 5.41 Å². The van der Waals surface area contributed by atoms with Gasteiger partial charge in [0.15, 0.2) is 0 Å². The number of aryl methyl sites for hydroxylation is 1. The van der Waals surface area contributed by atoms with E-state index in [2.05, 4.69) is 0 Å². The summed E-state index contributed by atoms with van der Waals surface area (Å²) in [4.78, 5) is 38.9. The quantitative estimate of drug-likeness (QED) is 0.818. The number of carbonyl (C=O) groups excluding carboxylic acids is 1. The van der Waals surface area contributed by atoms with E-state index < -0.39 is 11.4 Å². The first-order valence-electron chi connectivity index (χ1n) is 9.11. The fraction of sp³-hybridized carbons (Fsp3) is 0.526. The summed E-state index contributed by atoms with van der Waals surface area (Å²) in [7, 11) is 1.46. The zero-order valence-electron chi connectivity index (χ0n) is 15.7. The SMILES string of the molecule is CCn1c(=O)n(CC(=O)N2CCCC(COC)(C(=O)O)C2)c2ccccc21. The molecular weight excluding hydrogens is 350 g/mol. The Labute approximate surface area is 156 Å². The summed E-state index contributed by atoms with van der Waals surface area (Å²) in [6.45, 7) is 2.93. The van der Waals surface area contributed by atoms with Crippen LogP contribution in [-0.4, -0.2) is 57.8 Å². The monoisotopic (exact) mass is 375 g/mol. The number of methoxy groups -OCH3 is 1. The molecule has 1 amide bonds. The number of fused-ring (bicyclic) bond motifs is 1. The molecule has 2 heterocycles. The second kappa shape index (κ2) is 7.56. The molecule has 8 heteroatoms. The molecule has 0 saturated carbocycles. The molecule has 146 valence electrons. The maximum absolute atomic E-state index is 12.9. The summed E-state index contributed by atoms with van der Waals surface area (Å²) in [5, 5.41) is 9.65. The predicted molar refractivity (Wildman–Crippen MR) is 99.6 cm³/mol. The summed E-state index contributed by atoms with van der Waals surface area (Å²) in [6.07, 6.45) is 1.06. The average Bonchev–Trinajstić information content (AvgIpc) is 2.93. The van der Waals surface area contributed by atoms with E-state index in [4.69, 9.17) is 4.74 Å². The van der Waals surface area contributed by atoms with Crippen LogP contribution in [0.3, 0.4) is 0 Å². The Balaban J connectivity index is 1.88. The number of aromatic nitrogens is 2. The Hall–Kier alpha value is -2.61. The van der Waals surface area contributed by atoms with E-state index in [9.17, 15) is 19.5 Å². The number of imidazole rings is 1. The lowest BCUT2D eigenvalue weighted by molar-refractivity contribution is -0.159. The first kappa shape index (κ1) is 19.2. The third-order valence-electron chi connectivity index (χ3n) is 5.34. The fourth-order valence-corrected chi connectivity index (χ4v) is 3.94. The second-order valence-electron chi connectivity index (χ2n) is 7.04. The van der Waals surface area contributed by atoms with E-state index in [1.54, 1.807) is 9.47 Å². The Morgan fingerprint density at radius 1 is 1.22 bits per heavy atom. The number of aliphatic carboxylic acids is 1. The van der Waals surface area contributed by atoms with Crippen LogP contribution in [-0.2, 0) is 27.4 Å². The highest BCUT2D eigenvalue weighted by molar-refractivity contribution is 5.82. The normalized spacial score (nSPS) is 20.1. The number of benzene rings is 1. The molecular formula is C19H25N3O5. The minimum Gasteiger partial charge on any atom is -0.481 e. The number of hydrogen-bond donors (Lipinski definition) is 1. The fourth-order valence-electron chi connectivity index (χ4n) is 3.94. The molecule has 0 radical (unpaired) electrons. The predicted octanol–water partition coefficient (Wildman–Crippen LogP) is 1.16. The van der Waals surface area contributed by atoms with Crippen molar-refractivity contribution in [1.82, 2.24) is 14.0 Å². The largest absolute Gasteiger partial charge is 0.481 e. The zero-order chi connectivity index (χ0) is 19.6. The van der Waals surface area contributed by atoms with Gasteiger partial charge in [-0.3, -0.25) is 18.7 Å². The van der Waals surface area contributed by atoms with Crippen LogP contribution < -0.4 is 5.69 Å². The van der Waals surface area contributed by atoms with Gasteiger partial charge in [0.2, 0.25) is 5.91 Å². The Bertz CT molecular complexity index is 912. The van der Waals surface area contributed by atoms with Gasteiger partial charge in [-0.25, -0.2) is 4.79 Å². The van der Waals surface area contributed by atoms with Crippen molar-refractivity contribution in [3.05, 3.63) is 34.7 Å². The van der Waals surface area contributed by atoms with Gasteiger partial charge in [-0.15, -0.1) is 0 Å². The summed E-state index contributed by atoms with van der Waals surface area (Å²) < 4.78 is 8.21. The highest BCUT2D eigenvalue weighted by Crippen LogP contribution is 2.31. The van der Waals surface area contributed by atoms with Gasteiger partial charge in [0.05, 0.1) is 17.6 Å². The molecule has 3 rings (SSSR count). The highest BCUT2D eigenvalue weighted by Gasteiger charge is 2.43. The molecule has 0 aliphatic carbocycles. The van der Waals surface area contributed by atoms with Gasteiger partial charge in [-0.1, -0.05) is 12.1 Å². The van der Waals surface area contributed by atoms with Crippen LogP contribution in [0, 0.1) is 5.41 Å². The number of amides is 1. The first-order chi connectivity index (χ1) is 12.9. The molecule has 1 unspecified atom stereocenters. The number of rotatable bonds is 6.